The number of carboxylic acid groups (broad SMARTS) is 1. The Morgan fingerprint density at radius 1 is 1.19 bits per heavy atom. The van der Waals surface area contributed by atoms with Gasteiger partial charge in [-0.1, -0.05) is 12.1 Å². The van der Waals surface area contributed by atoms with Crippen LogP contribution in [0.3, 0.4) is 0 Å². The molecule has 1 aromatic rings. The van der Waals surface area contributed by atoms with Crippen LogP contribution in [0.5, 0.6) is 0 Å². The fourth-order valence-corrected chi connectivity index (χ4v) is 1.52. The van der Waals surface area contributed by atoms with Crippen LogP contribution in [0.15, 0.2) is 24.3 Å². The third-order valence-corrected chi connectivity index (χ3v) is 2.25. The largest absolute Gasteiger partial charge is 0.480 e. The van der Waals surface area contributed by atoms with Crippen LogP contribution in [-0.2, 0) is 11.3 Å². The van der Waals surface area contributed by atoms with Crippen molar-refractivity contribution in [1.82, 2.24) is 4.90 Å². The molecule has 1 N–H and O–H groups in total. The maximum absolute atomic E-state index is 10.5. The van der Waals surface area contributed by atoms with E-state index in [0.717, 1.165) is 12.2 Å². The van der Waals surface area contributed by atoms with E-state index in [-0.39, 0.29) is 6.54 Å². The summed E-state index contributed by atoms with van der Waals surface area (Å²) in [5.41, 5.74) is 2.14. The highest BCUT2D eigenvalue weighted by Gasteiger charge is 2.05. The lowest BCUT2D eigenvalue weighted by atomic mass is 10.2. The Labute approximate surface area is 96.1 Å². The molecule has 0 aromatic heterocycles. The quantitative estimate of drug-likeness (QED) is 0.814. The third-order valence-electron chi connectivity index (χ3n) is 2.25. The highest BCUT2D eigenvalue weighted by molar-refractivity contribution is 5.73. The van der Waals surface area contributed by atoms with Gasteiger partial charge in [0.05, 0.1) is 0 Å². The van der Waals surface area contributed by atoms with Crippen molar-refractivity contribution >= 4 is 11.7 Å². The molecular formula is C12H18N2O2. The number of aliphatic carboxylic acids is 1. The number of nitrogens with zero attached hydrogens (tertiary/aromatic N) is 2. The van der Waals surface area contributed by atoms with E-state index in [0.29, 0.717) is 0 Å². The molecule has 0 fully saturated rings. The van der Waals surface area contributed by atoms with E-state index >= 15 is 0 Å². The Balaban J connectivity index is 2.66. The predicted molar refractivity (Wildman–Crippen MR) is 64.7 cm³/mol. The van der Waals surface area contributed by atoms with Gasteiger partial charge in [0.25, 0.3) is 0 Å². The van der Waals surface area contributed by atoms with Gasteiger partial charge >= 0.3 is 5.97 Å². The van der Waals surface area contributed by atoms with Crippen LogP contribution < -0.4 is 4.90 Å². The summed E-state index contributed by atoms with van der Waals surface area (Å²) in [6, 6.07) is 7.94. The molecule has 0 heterocycles. The zero-order valence-corrected chi connectivity index (χ0v) is 9.97. The summed E-state index contributed by atoms with van der Waals surface area (Å²) in [5.74, 6) is -0.820. The molecule has 0 aliphatic carbocycles. The van der Waals surface area contributed by atoms with E-state index < -0.39 is 5.97 Å². The van der Waals surface area contributed by atoms with Crippen LogP contribution in [0, 0.1) is 0 Å². The summed E-state index contributed by atoms with van der Waals surface area (Å²) in [4.78, 5) is 14.4. The maximum atomic E-state index is 10.5. The minimum Gasteiger partial charge on any atom is -0.480 e. The zero-order chi connectivity index (χ0) is 12.1. The molecule has 4 heteroatoms. The molecule has 0 bridgehead atoms. The van der Waals surface area contributed by atoms with Gasteiger partial charge in [-0.15, -0.1) is 0 Å². The minimum absolute atomic E-state index is 0.0209. The van der Waals surface area contributed by atoms with E-state index in [4.69, 9.17) is 5.11 Å². The number of hydrogen-bond acceptors (Lipinski definition) is 3. The molecule has 1 aromatic carbocycles. The Morgan fingerprint density at radius 3 is 2.19 bits per heavy atom. The van der Waals surface area contributed by atoms with Gasteiger partial charge in [-0.3, -0.25) is 4.79 Å². The molecule has 16 heavy (non-hydrogen) atoms. The smallest absolute Gasteiger partial charge is 0.323 e. The zero-order valence-electron chi connectivity index (χ0n) is 9.97. The van der Waals surface area contributed by atoms with Crippen molar-refractivity contribution in [3.05, 3.63) is 29.8 Å². The van der Waals surface area contributed by atoms with Crippen LogP contribution in [0.25, 0.3) is 0 Å². The van der Waals surface area contributed by atoms with Crippen molar-refractivity contribution in [3.63, 3.8) is 0 Å². The summed E-state index contributed by atoms with van der Waals surface area (Å²) in [6.07, 6.45) is 0. The van der Waals surface area contributed by atoms with Crippen molar-refractivity contribution in [2.24, 2.45) is 0 Å². The maximum Gasteiger partial charge on any atom is 0.323 e. The number of likely N-dealkylation sites (N-methyl/N-ethyl adjacent to an activating group) is 1. The fourth-order valence-electron chi connectivity index (χ4n) is 1.52. The SMILES string of the molecule is CN(C)Cc1ccc(N(C)CC(=O)O)cc1. The van der Waals surface area contributed by atoms with E-state index in [1.807, 2.05) is 38.4 Å². The first-order chi connectivity index (χ1) is 7.49. The Kier molecular flexibility index (Phi) is 4.31. The topological polar surface area (TPSA) is 43.8 Å². The number of rotatable bonds is 5. The highest BCUT2D eigenvalue weighted by Crippen LogP contribution is 2.14. The van der Waals surface area contributed by atoms with Crippen LogP contribution >= 0.6 is 0 Å². The van der Waals surface area contributed by atoms with E-state index in [2.05, 4.69) is 4.90 Å². The van der Waals surface area contributed by atoms with Crippen LogP contribution in [0.2, 0.25) is 0 Å². The van der Waals surface area contributed by atoms with Crippen LogP contribution in [-0.4, -0.2) is 43.7 Å². The van der Waals surface area contributed by atoms with Crippen molar-refractivity contribution in [2.45, 2.75) is 6.54 Å². The van der Waals surface area contributed by atoms with Gasteiger partial charge in [0.15, 0.2) is 0 Å². The van der Waals surface area contributed by atoms with Gasteiger partial charge in [-0.05, 0) is 31.8 Å². The first kappa shape index (κ1) is 12.5. The molecule has 0 atom stereocenters. The normalized spacial score (nSPS) is 10.5. The molecule has 88 valence electrons. The highest BCUT2D eigenvalue weighted by atomic mass is 16.4. The minimum atomic E-state index is -0.820. The van der Waals surface area contributed by atoms with Gasteiger partial charge < -0.3 is 14.9 Å². The molecule has 0 aliphatic heterocycles. The number of benzene rings is 1. The second-order valence-corrected chi connectivity index (χ2v) is 4.15. The average molecular weight is 222 g/mol. The first-order valence-electron chi connectivity index (χ1n) is 5.15. The van der Waals surface area contributed by atoms with Gasteiger partial charge in [0.1, 0.15) is 6.54 Å². The average Bonchev–Trinajstić information content (AvgIpc) is 2.16. The van der Waals surface area contributed by atoms with Crippen molar-refractivity contribution in [3.8, 4) is 0 Å². The molecule has 0 amide bonds. The molecule has 0 saturated carbocycles. The number of hydrogen-bond donors (Lipinski definition) is 1. The van der Waals surface area contributed by atoms with E-state index in [1.165, 1.54) is 5.56 Å². The second-order valence-electron chi connectivity index (χ2n) is 4.15. The monoisotopic (exact) mass is 222 g/mol. The fraction of sp³-hybridized carbons (Fsp3) is 0.417. The summed E-state index contributed by atoms with van der Waals surface area (Å²) >= 11 is 0. The number of carbonyl (C=O) groups is 1. The molecule has 0 saturated heterocycles. The molecule has 0 radical (unpaired) electrons. The second kappa shape index (κ2) is 5.51. The van der Waals surface area contributed by atoms with Crippen molar-refractivity contribution in [2.75, 3.05) is 32.6 Å². The molecule has 4 nitrogen and oxygen atoms in total. The van der Waals surface area contributed by atoms with Gasteiger partial charge in [-0.25, -0.2) is 0 Å². The molecule has 0 aliphatic rings. The standard InChI is InChI=1S/C12H18N2O2/c1-13(2)8-10-4-6-11(7-5-10)14(3)9-12(15)16/h4-7H,8-9H2,1-3H3,(H,15,16). The van der Waals surface area contributed by atoms with Crippen molar-refractivity contribution in [1.29, 1.82) is 0 Å². The Hall–Kier alpha value is -1.55. The lowest BCUT2D eigenvalue weighted by Crippen LogP contribution is -2.25. The van der Waals surface area contributed by atoms with Crippen LogP contribution in [0.4, 0.5) is 5.69 Å². The Morgan fingerprint density at radius 2 is 1.75 bits per heavy atom. The van der Waals surface area contributed by atoms with Crippen LogP contribution in [0.1, 0.15) is 5.56 Å². The lowest BCUT2D eigenvalue weighted by Gasteiger charge is -2.17. The first-order valence-corrected chi connectivity index (χ1v) is 5.15. The lowest BCUT2D eigenvalue weighted by molar-refractivity contribution is -0.135. The summed E-state index contributed by atoms with van der Waals surface area (Å²) in [7, 11) is 5.81. The predicted octanol–water partition coefficient (Wildman–Crippen LogP) is 1.27. The summed E-state index contributed by atoms with van der Waals surface area (Å²) < 4.78 is 0. The third kappa shape index (κ3) is 3.90. The van der Waals surface area contributed by atoms with Crippen molar-refractivity contribution < 1.29 is 9.90 Å². The molecule has 1 rings (SSSR count). The summed E-state index contributed by atoms with van der Waals surface area (Å²) in [6.45, 7) is 0.913. The number of carboxylic acids is 1. The summed E-state index contributed by atoms with van der Waals surface area (Å²) in [5, 5.41) is 8.67. The van der Waals surface area contributed by atoms with Gasteiger partial charge in [-0.2, -0.15) is 0 Å². The molecule has 0 spiro atoms. The van der Waals surface area contributed by atoms with Gasteiger partial charge in [0.2, 0.25) is 0 Å². The van der Waals surface area contributed by atoms with E-state index in [9.17, 15) is 4.79 Å². The Bertz CT molecular complexity index is 347. The number of anilines is 1. The van der Waals surface area contributed by atoms with E-state index in [1.54, 1.807) is 11.9 Å². The van der Waals surface area contributed by atoms with Gasteiger partial charge in [0, 0.05) is 19.3 Å². The molecule has 0 unspecified atom stereocenters. The molecular weight excluding hydrogens is 204 g/mol.